The molecule has 17 heavy (non-hydrogen) atoms. The Kier molecular flexibility index (Phi) is 4.83. The van der Waals surface area contributed by atoms with Crippen molar-refractivity contribution < 1.29 is 0 Å². The fourth-order valence-electron chi connectivity index (χ4n) is 1.51. The van der Waals surface area contributed by atoms with Crippen molar-refractivity contribution in [1.29, 1.82) is 0 Å². The maximum absolute atomic E-state index is 5.83. The summed E-state index contributed by atoms with van der Waals surface area (Å²) in [5.74, 6) is 0. The van der Waals surface area contributed by atoms with Crippen LogP contribution in [0.3, 0.4) is 0 Å². The zero-order valence-corrected chi connectivity index (χ0v) is 12.5. The van der Waals surface area contributed by atoms with Gasteiger partial charge in [0, 0.05) is 21.7 Å². The van der Waals surface area contributed by atoms with E-state index in [1.807, 2.05) is 24.5 Å². The molecule has 0 unspecified atom stereocenters. The van der Waals surface area contributed by atoms with Gasteiger partial charge in [0.25, 0.3) is 0 Å². The predicted molar refractivity (Wildman–Crippen MR) is 82.1 cm³/mol. The first-order chi connectivity index (χ1) is 7.91. The van der Waals surface area contributed by atoms with Crippen molar-refractivity contribution in [2.45, 2.75) is 37.6 Å². The Morgan fingerprint density at radius 2 is 2.12 bits per heavy atom. The maximum atomic E-state index is 5.83. The Labute approximate surface area is 113 Å². The molecule has 0 bridgehead atoms. The minimum absolute atomic E-state index is 0.0383. The molecule has 1 aromatic rings. The molecule has 0 aliphatic carbocycles. The van der Waals surface area contributed by atoms with E-state index in [-0.39, 0.29) is 5.54 Å². The Morgan fingerprint density at radius 3 is 2.59 bits per heavy atom. The van der Waals surface area contributed by atoms with E-state index in [0.29, 0.717) is 4.99 Å². The summed E-state index contributed by atoms with van der Waals surface area (Å²) in [6.45, 7) is 6.50. The topological polar surface area (TPSA) is 38.0 Å². The first-order valence-electron chi connectivity index (χ1n) is 5.66. The van der Waals surface area contributed by atoms with Crippen molar-refractivity contribution in [1.82, 2.24) is 0 Å². The van der Waals surface area contributed by atoms with Gasteiger partial charge in [-0.2, -0.15) is 0 Å². The monoisotopic (exact) mass is 268 g/mol. The minimum atomic E-state index is 0.0383. The van der Waals surface area contributed by atoms with Crippen molar-refractivity contribution in [3.63, 3.8) is 0 Å². The largest absolute Gasteiger partial charge is 0.389 e. The van der Waals surface area contributed by atoms with Crippen LogP contribution in [0.2, 0.25) is 0 Å². The lowest BCUT2D eigenvalue weighted by molar-refractivity contribution is 0.547. The minimum Gasteiger partial charge on any atom is -0.389 e. The second-order valence-electron chi connectivity index (χ2n) is 4.61. The molecule has 94 valence electrons. The van der Waals surface area contributed by atoms with Gasteiger partial charge in [0.15, 0.2) is 0 Å². The average Bonchev–Trinajstić information content (AvgIpc) is 2.27. The molecule has 0 atom stereocenters. The van der Waals surface area contributed by atoms with E-state index in [1.165, 1.54) is 0 Å². The van der Waals surface area contributed by atoms with Gasteiger partial charge >= 0.3 is 0 Å². The molecule has 0 saturated heterocycles. The lowest BCUT2D eigenvalue weighted by Crippen LogP contribution is -2.31. The third kappa shape index (κ3) is 3.61. The Hall–Kier alpha value is -0.740. The quantitative estimate of drug-likeness (QED) is 0.631. The highest BCUT2D eigenvalue weighted by atomic mass is 32.2. The second-order valence-corrected chi connectivity index (χ2v) is 5.90. The third-order valence-electron chi connectivity index (χ3n) is 2.85. The second kappa shape index (κ2) is 5.74. The normalized spacial score (nSPS) is 11.3. The first-order valence-corrected chi connectivity index (χ1v) is 7.29. The number of hydrogen-bond donors (Lipinski definition) is 2. The molecule has 0 aliphatic rings. The molecule has 0 heterocycles. The average molecular weight is 268 g/mol. The molecule has 1 rings (SSSR count). The molecular formula is C13H20N2S2. The van der Waals surface area contributed by atoms with Crippen molar-refractivity contribution in [3.8, 4) is 0 Å². The van der Waals surface area contributed by atoms with E-state index in [9.17, 15) is 0 Å². The Morgan fingerprint density at radius 1 is 1.47 bits per heavy atom. The van der Waals surface area contributed by atoms with Crippen LogP contribution in [-0.2, 0) is 0 Å². The SMILES string of the molecule is CCC(C)(C)Nc1cccc(SC)c1C(N)=S. The van der Waals surface area contributed by atoms with Gasteiger partial charge in [-0.1, -0.05) is 25.2 Å². The van der Waals surface area contributed by atoms with E-state index in [2.05, 4.69) is 26.1 Å². The predicted octanol–water partition coefficient (Wildman–Crippen LogP) is 3.64. The Bertz CT molecular complexity index is 414. The number of benzene rings is 1. The van der Waals surface area contributed by atoms with Crippen molar-refractivity contribution >= 4 is 34.7 Å². The molecule has 0 saturated carbocycles. The van der Waals surface area contributed by atoms with E-state index in [4.69, 9.17) is 18.0 Å². The Balaban J connectivity index is 3.19. The van der Waals surface area contributed by atoms with Gasteiger partial charge in [0.2, 0.25) is 0 Å². The first kappa shape index (κ1) is 14.3. The summed E-state index contributed by atoms with van der Waals surface area (Å²) in [6, 6.07) is 6.11. The van der Waals surface area contributed by atoms with Gasteiger partial charge in [-0.25, -0.2) is 0 Å². The molecule has 0 aromatic heterocycles. The van der Waals surface area contributed by atoms with Gasteiger partial charge in [0.05, 0.1) is 0 Å². The lowest BCUT2D eigenvalue weighted by atomic mass is 10.0. The van der Waals surface area contributed by atoms with E-state index in [0.717, 1.165) is 22.6 Å². The molecule has 0 radical (unpaired) electrons. The van der Waals surface area contributed by atoms with E-state index < -0.39 is 0 Å². The van der Waals surface area contributed by atoms with Crippen LogP contribution in [0.5, 0.6) is 0 Å². The maximum Gasteiger partial charge on any atom is 0.107 e. The molecular weight excluding hydrogens is 248 g/mol. The number of nitrogens with two attached hydrogens (primary N) is 1. The molecule has 3 N–H and O–H groups in total. The summed E-state index contributed by atoms with van der Waals surface area (Å²) in [4.78, 5) is 1.57. The molecule has 0 amide bonds. The highest BCUT2D eigenvalue weighted by Gasteiger charge is 2.18. The van der Waals surface area contributed by atoms with Crippen molar-refractivity contribution in [2.24, 2.45) is 5.73 Å². The lowest BCUT2D eigenvalue weighted by Gasteiger charge is -2.28. The third-order valence-corrected chi connectivity index (χ3v) is 3.83. The number of thioether (sulfide) groups is 1. The molecule has 2 nitrogen and oxygen atoms in total. The molecule has 0 aliphatic heterocycles. The van der Waals surface area contributed by atoms with E-state index in [1.54, 1.807) is 11.8 Å². The highest BCUT2D eigenvalue weighted by molar-refractivity contribution is 7.98. The van der Waals surface area contributed by atoms with Crippen LogP contribution < -0.4 is 11.1 Å². The van der Waals surface area contributed by atoms with Crippen LogP contribution in [0.1, 0.15) is 32.8 Å². The van der Waals surface area contributed by atoms with Crippen LogP contribution in [0, 0.1) is 0 Å². The van der Waals surface area contributed by atoms with Crippen LogP contribution in [-0.4, -0.2) is 16.8 Å². The van der Waals surface area contributed by atoms with Gasteiger partial charge in [-0.05, 0) is 38.7 Å². The van der Waals surface area contributed by atoms with Gasteiger partial charge < -0.3 is 11.1 Å². The van der Waals surface area contributed by atoms with Gasteiger partial charge in [-0.15, -0.1) is 11.8 Å². The summed E-state index contributed by atoms with van der Waals surface area (Å²) in [5, 5.41) is 3.51. The fraction of sp³-hybridized carbons (Fsp3) is 0.462. The molecule has 0 fully saturated rings. The standard InChI is InChI=1S/C13H20N2S2/c1-5-13(2,3)15-9-7-6-8-10(17-4)11(9)12(14)16/h6-8,15H,5H2,1-4H3,(H2,14,16). The number of nitrogens with one attached hydrogen (secondary N) is 1. The summed E-state index contributed by atoms with van der Waals surface area (Å²) < 4.78 is 0. The van der Waals surface area contributed by atoms with Gasteiger partial charge in [0.1, 0.15) is 4.99 Å². The molecule has 4 heteroatoms. The summed E-state index contributed by atoms with van der Waals surface area (Å²) in [7, 11) is 0. The summed E-state index contributed by atoms with van der Waals surface area (Å²) in [5.41, 5.74) is 7.85. The molecule has 1 aromatic carbocycles. The molecule has 0 spiro atoms. The smallest absolute Gasteiger partial charge is 0.107 e. The number of hydrogen-bond acceptors (Lipinski definition) is 3. The number of anilines is 1. The highest BCUT2D eigenvalue weighted by Crippen LogP contribution is 2.29. The van der Waals surface area contributed by atoms with Crippen LogP contribution in [0.15, 0.2) is 23.1 Å². The van der Waals surface area contributed by atoms with Crippen molar-refractivity contribution in [3.05, 3.63) is 23.8 Å². The van der Waals surface area contributed by atoms with Crippen molar-refractivity contribution in [2.75, 3.05) is 11.6 Å². The van der Waals surface area contributed by atoms with E-state index >= 15 is 0 Å². The number of thiocarbonyl (C=S) groups is 1. The zero-order chi connectivity index (χ0) is 13.1. The number of rotatable bonds is 5. The van der Waals surface area contributed by atoms with Crippen LogP contribution >= 0.6 is 24.0 Å². The van der Waals surface area contributed by atoms with Crippen LogP contribution in [0.25, 0.3) is 0 Å². The summed E-state index contributed by atoms with van der Waals surface area (Å²) >= 11 is 6.82. The van der Waals surface area contributed by atoms with Gasteiger partial charge in [-0.3, -0.25) is 0 Å². The fourth-order valence-corrected chi connectivity index (χ4v) is 2.44. The van der Waals surface area contributed by atoms with Crippen LogP contribution in [0.4, 0.5) is 5.69 Å². The summed E-state index contributed by atoms with van der Waals surface area (Å²) in [6.07, 6.45) is 3.07. The zero-order valence-electron chi connectivity index (χ0n) is 10.8.